The van der Waals surface area contributed by atoms with Crippen molar-refractivity contribution in [1.82, 2.24) is 14.2 Å². The van der Waals surface area contributed by atoms with Crippen LogP contribution < -0.4 is 0 Å². The Labute approximate surface area is 160 Å². The summed E-state index contributed by atoms with van der Waals surface area (Å²) in [6, 6.07) is 5.23. The lowest BCUT2D eigenvalue weighted by atomic mass is 10.1. The minimum Gasteiger partial charge on any atom is -0.362 e. The van der Waals surface area contributed by atoms with Crippen LogP contribution in [0.5, 0.6) is 0 Å². The smallest absolute Gasteiger partial charge is 0.252 e. The first-order valence-electron chi connectivity index (χ1n) is 7.94. The minimum atomic E-state index is -3.44. The van der Waals surface area contributed by atoms with Gasteiger partial charge in [-0.25, -0.2) is 8.42 Å². The van der Waals surface area contributed by atoms with E-state index in [-0.39, 0.29) is 5.78 Å². The summed E-state index contributed by atoms with van der Waals surface area (Å²) >= 11 is 4.52. The predicted octanol–water partition coefficient (Wildman–Crippen LogP) is 2.64. The molecule has 0 aliphatic carbocycles. The number of rotatable bonds is 5. The molecular formula is C16H20BrN3O3S2. The average molecular weight is 446 g/mol. The summed E-state index contributed by atoms with van der Waals surface area (Å²) in [6.45, 7) is 6.04. The minimum absolute atomic E-state index is 0.0698. The summed E-state index contributed by atoms with van der Waals surface area (Å²) in [5.74, 6) is 0.0698. The number of Topliss-reactive ketones (excluding diaryl/α,β-unsaturated/α-hetero) is 1. The molecule has 1 aliphatic rings. The van der Waals surface area contributed by atoms with Crippen LogP contribution in [0.25, 0.3) is 0 Å². The summed E-state index contributed by atoms with van der Waals surface area (Å²) < 4.78 is 27.9. The van der Waals surface area contributed by atoms with Crippen LogP contribution in [-0.2, 0) is 10.0 Å². The number of nitrogens with zero attached hydrogens (tertiary/aromatic N) is 2. The molecule has 6 nitrogen and oxygen atoms in total. The van der Waals surface area contributed by atoms with Gasteiger partial charge in [-0.3, -0.25) is 9.69 Å². The number of nitrogens with one attached hydrogen (secondary N) is 1. The zero-order valence-electron chi connectivity index (χ0n) is 14.1. The summed E-state index contributed by atoms with van der Waals surface area (Å²) in [5, 5.41) is 0. The monoisotopic (exact) mass is 445 g/mol. The molecule has 25 heavy (non-hydrogen) atoms. The third-order valence-corrected chi connectivity index (χ3v) is 8.28. The van der Waals surface area contributed by atoms with E-state index in [2.05, 4.69) is 20.9 Å². The van der Waals surface area contributed by atoms with E-state index in [1.165, 1.54) is 15.6 Å². The lowest BCUT2D eigenvalue weighted by molar-refractivity contribution is 0.0901. The van der Waals surface area contributed by atoms with Gasteiger partial charge in [0.15, 0.2) is 5.78 Å². The highest BCUT2D eigenvalue weighted by Crippen LogP contribution is 2.29. The van der Waals surface area contributed by atoms with Gasteiger partial charge < -0.3 is 4.98 Å². The van der Waals surface area contributed by atoms with Gasteiger partial charge in [0.05, 0.1) is 10.3 Å². The number of carbonyl (C=O) groups is 1. The molecule has 3 rings (SSSR count). The molecule has 0 atom stereocenters. The van der Waals surface area contributed by atoms with Crippen molar-refractivity contribution in [2.45, 2.75) is 18.1 Å². The van der Waals surface area contributed by atoms with E-state index in [9.17, 15) is 13.2 Å². The number of halogens is 1. The third-order valence-electron chi connectivity index (χ3n) is 4.29. The number of carbonyl (C=O) groups excluding carboxylic acids is 1. The number of aryl methyl sites for hydroxylation is 2. The zero-order valence-corrected chi connectivity index (χ0v) is 17.3. The number of aromatic amines is 1. The van der Waals surface area contributed by atoms with Gasteiger partial charge in [0.1, 0.15) is 4.21 Å². The van der Waals surface area contributed by atoms with E-state index in [0.717, 1.165) is 20.7 Å². The fourth-order valence-electron chi connectivity index (χ4n) is 2.99. The molecule has 0 unspecified atom stereocenters. The van der Waals surface area contributed by atoms with E-state index in [1.807, 2.05) is 24.8 Å². The van der Waals surface area contributed by atoms with Crippen molar-refractivity contribution in [3.05, 3.63) is 38.9 Å². The van der Waals surface area contributed by atoms with Crippen LogP contribution in [0, 0.1) is 13.8 Å². The van der Waals surface area contributed by atoms with Crippen molar-refractivity contribution in [3.63, 3.8) is 0 Å². The average Bonchev–Trinajstić information content (AvgIpc) is 3.13. The second kappa shape index (κ2) is 7.32. The number of piperazine rings is 1. The van der Waals surface area contributed by atoms with Gasteiger partial charge in [-0.2, -0.15) is 4.31 Å². The number of H-pyrrole nitrogens is 1. The van der Waals surface area contributed by atoms with Crippen molar-refractivity contribution in [2.75, 3.05) is 32.7 Å². The number of ketones is 1. The molecule has 0 spiro atoms. The summed E-state index contributed by atoms with van der Waals surface area (Å²) in [6.07, 6.45) is 0. The van der Waals surface area contributed by atoms with Crippen LogP contribution >= 0.6 is 27.3 Å². The molecular weight excluding hydrogens is 426 g/mol. The molecule has 0 radical (unpaired) electrons. The van der Waals surface area contributed by atoms with Crippen molar-refractivity contribution in [3.8, 4) is 0 Å². The van der Waals surface area contributed by atoms with Gasteiger partial charge in [-0.15, -0.1) is 11.3 Å². The fourth-order valence-corrected chi connectivity index (χ4v) is 6.58. The fraction of sp³-hybridized carbons (Fsp3) is 0.438. The van der Waals surface area contributed by atoms with Gasteiger partial charge >= 0.3 is 0 Å². The number of aromatic nitrogens is 1. The van der Waals surface area contributed by atoms with Crippen LogP contribution in [0.4, 0.5) is 0 Å². The Morgan fingerprint density at radius 3 is 2.44 bits per heavy atom. The molecule has 0 saturated carbocycles. The van der Waals surface area contributed by atoms with Crippen molar-refractivity contribution in [2.24, 2.45) is 0 Å². The molecule has 3 heterocycles. The molecule has 0 aromatic carbocycles. The molecule has 9 heteroatoms. The maximum atomic E-state index is 12.6. The van der Waals surface area contributed by atoms with E-state index in [4.69, 9.17) is 0 Å². The molecule has 136 valence electrons. The van der Waals surface area contributed by atoms with E-state index < -0.39 is 10.0 Å². The number of hydrogen-bond donors (Lipinski definition) is 1. The number of sulfonamides is 1. The zero-order chi connectivity index (χ0) is 18.2. The van der Waals surface area contributed by atoms with Crippen molar-refractivity contribution >= 4 is 43.1 Å². The van der Waals surface area contributed by atoms with Gasteiger partial charge in [-0.1, -0.05) is 0 Å². The largest absolute Gasteiger partial charge is 0.362 e. The van der Waals surface area contributed by atoms with Crippen molar-refractivity contribution < 1.29 is 13.2 Å². The molecule has 0 amide bonds. The van der Waals surface area contributed by atoms with Gasteiger partial charge in [0.2, 0.25) is 0 Å². The predicted molar refractivity (Wildman–Crippen MR) is 102 cm³/mol. The maximum absolute atomic E-state index is 12.6. The van der Waals surface area contributed by atoms with E-state index in [1.54, 1.807) is 12.1 Å². The quantitative estimate of drug-likeness (QED) is 0.717. The highest BCUT2D eigenvalue weighted by atomic mass is 79.9. The number of hydrogen-bond acceptors (Lipinski definition) is 5. The van der Waals surface area contributed by atoms with Crippen LogP contribution in [0.15, 0.2) is 26.2 Å². The Kier molecular flexibility index (Phi) is 5.50. The Balaban J connectivity index is 1.60. The SMILES string of the molecule is Cc1cc(C(=O)CN2CCN(S(=O)(=O)c3ccc(Br)s3)CC2)c(C)[nH]1. The second-order valence-electron chi connectivity index (χ2n) is 6.15. The standard InChI is InChI=1S/C16H20BrN3O3S2/c1-11-9-13(12(2)18-11)14(21)10-19-5-7-20(8-6-19)25(22,23)16-4-3-15(17)24-16/h3-4,9,18H,5-8,10H2,1-2H3. The van der Waals surface area contributed by atoms with Crippen LogP contribution in [-0.4, -0.2) is 61.1 Å². The Morgan fingerprint density at radius 1 is 1.24 bits per heavy atom. The Hall–Kier alpha value is -1.00. The lowest BCUT2D eigenvalue weighted by Crippen LogP contribution is -2.49. The first kappa shape index (κ1) is 18.8. The topological polar surface area (TPSA) is 73.5 Å². The first-order chi connectivity index (χ1) is 11.8. The highest BCUT2D eigenvalue weighted by Gasteiger charge is 2.30. The molecule has 2 aromatic heterocycles. The molecule has 1 fully saturated rings. The summed E-state index contributed by atoms with van der Waals surface area (Å²) in [7, 11) is -3.44. The second-order valence-corrected chi connectivity index (χ2v) is 10.8. The summed E-state index contributed by atoms with van der Waals surface area (Å²) in [5.41, 5.74) is 2.57. The molecule has 1 N–H and O–H groups in total. The van der Waals surface area contributed by atoms with Crippen molar-refractivity contribution in [1.29, 1.82) is 0 Å². The lowest BCUT2D eigenvalue weighted by Gasteiger charge is -2.33. The van der Waals surface area contributed by atoms with E-state index in [0.29, 0.717) is 36.9 Å². The maximum Gasteiger partial charge on any atom is 0.252 e. The molecule has 0 bridgehead atoms. The van der Waals surface area contributed by atoms with Crippen LogP contribution in [0.1, 0.15) is 21.7 Å². The number of thiophene rings is 1. The molecule has 1 aliphatic heterocycles. The van der Waals surface area contributed by atoms with Gasteiger partial charge in [0.25, 0.3) is 10.0 Å². The Morgan fingerprint density at radius 2 is 1.92 bits per heavy atom. The summed E-state index contributed by atoms with van der Waals surface area (Å²) in [4.78, 5) is 17.6. The Bertz CT molecular complexity index is 880. The van der Waals surface area contributed by atoms with E-state index >= 15 is 0 Å². The van der Waals surface area contributed by atoms with Crippen LogP contribution in [0.2, 0.25) is 0 Å². The first-order valence-corrected chi connectivity index (χ1v) is 11.0. The normalized spacial score (nSPS) is 17.1. The molecule has 1 saturated heterocycles. The van der Waals surface area contributed by atoms with Crippen LogP contribution in [0.3, 0.4) is 0 Å². The highest BCUT2D eigenvalue weighted by molar-refractivity contribution is 9.11. The van der Waals surface area contributed by atoms with Gasteiger partial charge in [0, 0.05) is 43.1 Å². The molecule has 2 aromatic rings. The van der Waals surface area contributed by atoms with Gasteiger partial charge in [-0.05, 0) is 48.0 Å². The third kappa shape index (κ3) is 4.06.